The number of pyridine rings is 1. The first-order chi connectivity index (χ1) is 14.0. The summed E-state index contributed by atoms with van der Waals surface area (Å²) in [4.78, 5) is 21.5. The molecule has 150 valence electrons. The van der Waals surface area contributed by atoms with Crippen LogP contribution in [0.5, 0.6) is 0 Å². The molecule has 1 saturated carbocycles. The van der Waals surface area contributed by atoms with Crippen LogP contribution >= 0.6 is 11.6 Å². The van der Waals surface area contributed by atoms with Gasteiger partial charge in [0.2, 0.25) is 0 Å². The highest BCUT2D eigenvalue weighted by Gasteiger charge is 2.31. The molecule has 1 atom stereocenters. The van der Waals surface area contributed by atoms with Crippen LogP contribution in [-0.4, -0.2) is 26.5 Å². The topological polar surface area (TPSA) is 59.8 Å². The van der Waals surface area contributed by atoms with E-state index in [4.69, 9.17) is 11.6 Å². The Morgan fingerprint density at radius 1 is 1.34 bits per heavy atom. The largest absolute Gasteiger partial charge is 0.348 e. The number of carbonyl (C=O) groups is 1. The van der Waals surface area contributed by atoms with Gasteiger partial charge in [-0.2, -0.15) is 0 Å². The van der Waals surface area contributed by atoms with Crippen molar-refractivity contribution in [3.05, 3.63) is 71.2 Å². The third-order valence-corrected chi connectivity index (χ3v) is 5.51. The highest BCUT2D eigenvalue weighted by atomic mass is 35.5. The summed E-state index contributed by atoms with van der Waals surface area (Å²) < 4.78 is 15.4. The summed E-state index contributed by atoms with van der Waals surface area (Å²) in [6, 6.07) is 8.00. The maximum Gasteiger partial charge on any atom is 0.270 e. The molecule has 2 heterocycles. The van der Waals surface area contributed by atoms with Gasteiger partial charge in [-0.3, -0.25) is 4.79 Å². The Kier molecular flexibility index (Phi) is 5.62. The highest BCUT2D eigenvalue weighted by molar-refractivity contribution is 6.33. The number of hydrogen-bond acceptors (Lipinski definition) is 3. The average Bonchev–Trinajstić information content (AvgIpc) is 3.42. The quantitative estimate of drug-likeness (QED) is 0.611. The Balaban J connectivity index is 1.70. The number of amides is 1. The van der Waals surface area contributed by atoms with Gasteiger partial charge in [0.15, 0.2) is 0 Å². The van der Waals surface area contributed by atoms with E-state index in [0.717, 1.165) is 24.8 Å². The molecule has 1 fully saturated rings. The second-order valence-corrected chi connectivity index (χ2v) is 7.84. The average molecular weight is 413 g/mol. The van der Waals surface area contributed by atoms with E-state index in [2.05, 4.69) is 22.2 Å². The Labute approximate surface area is 173 Å². The molecular formula is C22H22ClFN4O. The number of nitrogens with one attached hydrogen (secondary N) is 1. The van der Waals surface area contributed by atoms with Gasteiger partial charge in [0, 0.05) is 30.5 Å². The van der Waals surface area contributed by atoms with Crippen molar-refractivity contribution in [2.24, 2.45) is 5.92 Å². The molecule has 3 aromatic rings. The molecule has 1 aromatic carbocycles. The number of hydrogen-bond donors (Lipinski definition) is 1. The number of imidazole rings is 1. The second kappa shape index (κ2) is 8.33. The zero-order valence-corrected chi connectivity index (χ0v) is 16.9. The number of benzene rings is 1. The van der Waals surface area contributed by atoms with Gasteiger partial charge >= 0.3 is 0 Å². The molecule has 0 radical (unpaired) electrons. The Hall–Kier alpha value is -2.73. The van der Waals surface area contributed by atoms with Gasteiger partial charge in [0.1, 0.15) is 11.5 Å². The lowest BCUT2D eigenvalue weighted by atomic mass is 10.1. The van der Waals surface area contributed by atoms with E-state index in [9.17, 15) is 9.18 Å². The normalized spacial score (nSPS) is 14.6. The van der Waals surface area contributed by atoms with Gasteiger partial charge in [-0.1, -0.05) is 18.5 Å². The van der Waals surface area contributed by atoms with Crippen LogP contribution in [0.3, 0.4) is 0 Å². The molecule has 1 N–H and O–H groups in total. The summed E-state index contributed by atoms with van der Waals surface area (Å²) in [5, 5.41) is 3.38. The summed E-state index contributed by atoms with van der Waals surface area (Å²) in [6.45, 7) is 2.62. The van der Waals surface area contributed by atoms with Crippen LogP contribution in [0.1, 0.15) is 42.2 Å². The number of aromatic nitrogens is 3. The van der Waals surface area contributed by atoms with Gasteiger partial charge in [-0.25, -0.2) is 14.4 Å². The maximum absolute atomic E-state index is 13.5. The van der Waals surface area contributed by atoms with Crippen molar-refractivity contribution >= 4 is 17.5 Å². The van der Waals surface area contributed by atoms with E-state index < -0.39 is 5.82 Å². The van der Waals surface area contributed by atoms with Crippen molar-refractivity contribution in [1.29, 1.82) is 0 Å². The smallest absolute Gasteiger partial charge is 0.270 e. The third kappa shape index (κ3) is 4.65. The predicted molar refractivity (Wildman–Crippen MR) is 110 cm³/mol. The monoisotopic (exact) mass is 412 g/mol. The molecular weight excluding hydrogens is 391 g/mol. The zero-order chi connectivity index (χ0) is 20.4. The SMILES string of the molecule is CCC(NC(=O)c1cc(Cn2ccnc2)cc(-c2ccc(F)cc2Cl)n1)C1CC1. The number of rotatable bonds is 7. The summed E-state index contributed by atoms with van der Waals surface area (Å²) in [7, 11) is 0. The molecule has 29 heavy (non-hydrogen) atoms. The van der Waals surface area contributed by atoms with Crippen molar-refractivity contribution in [3.8, 4) is 11.3 Å². The van der Waals surface area contributed by atoms with Gasteiger partial charge in [-0.15, -0.1) is 0 Å². The Morgan fingerprint density at radius 2 is 2.17 bits per heavy atom. The number of nitrogens with zero attached hydrogens (tertiary/aromatic N) is 3. The third-order valence-electron chi connectivity index (χ3n) is 5.20. The molecule has 0 spiro atoms. The van der Waals surface area contributed by atoms with Crippen LogP contribution in [0.25, 0.3) is 11.3 Å². The molecule has 4 rings (SSSR count). The van der Waals surface area contributed by atoms with Crippen LogP contribution in [0, 0.1) is 11.7 Å². The van der Waals surface area contributed by atoms with E-state index >= 15 is 0 Å². The summed E-state index contributed by atoms with van der Waals surface area (Å²) in [5.74, 6) is -0.0543. The van der Waals surface area contributed by atoms with E-state index in [-0.39, 0.29) is 17.0 Å². The molecule has 1 unspecified atom stereocenters. The molecule has 0 saturated heterocycles. The fourth-order valence-corrected chi connectivity index (χ4v) is 3.78. The number of halogens is 2. The minimum absolute atomic E-state index is 0.166. The van der Waals surface area contributed by atoms with Crippen LogP contribution < -0.4 is 5.32 Å². The molecule has 7 heteroatoms. The second-order valence-electron chi connectivity index (χ2n) is 7.43. The van der Waals surface area contributed by atoms with Crippen molar-refractivity contribution in [2.45, 2.75) is 38.8 Å². The van der Waals surface area contributed by atoms with Gasteiger partial charge in [0.05, 0.1) is 17.0 Å². The lowest BCUT2D eigenvalue weighted by Gasteiger charge is -2.17. The first-order valence-electron chi connectivity index (χ1n) is 9.76. The molecule has 0 aliphatic heterocycles. The van der Waals surface area contributed by atoms with Crippen LogP contribution in [0.2, 0.25) is 5.02 Å². The van der Waals surface area contributed by atoms with Crippen LogP contribution in [-0.2, 0) is 6.54 Å². The predicted octanol–water partition coefficient (Wildman–Crippen LogP) is 4.70. The van der Waals surface area contributed by atoms with Crippen molar-refractivity contribution in [3.63, 3.8) is 0 Å². The lowest BCUT2D eigenvalue weighted by molar-refractivity contribution is 0.0925. The molecule has 1 amide bonds. The Bertz CT molecular complexity index is 1020. The Morgan fingerprint density at radius 3 is 2.83 bits per heavy atom. The minimum Gasteiger partial charge on any atom is -0.348 e. The molecule has 1 aliphatic rings. The first kappa shape index (κ1) is 19.6. The van der Waals surface area contributed by atoms with Crippen LogP contribution in [0.15, 0.2) is 49.1 Å². The highest BCUT2D eigenvalue weighted by Crippen LogP contribution is 2.34. The van der Waals surface area contributed by atoms with E-state index in [1.54, 1.807) is 24.7 Å². The summed E-state index contributed by atoms with van der Waals surface area (Å²) in [6.07, 6.45) is 8.47. The molecule has 1 aliphatic carbocycles. The van der Waals surface area contributed by atoms with Crippen molar-refractivity contribution in [1.82, 2.24) is 19.9 Å². The van der Waals surface area contributed by atoms with Gasteiger partial charge in [-0.05, 0) is 61.1 Å². The van der Waals surface area contributed by atoms with E-state index in [0.29, 0.717) is 29.4 Å². The number of carbonyl (C=O) groups excluding carboxylic acids is 1. The fraction of sp³-hybridized carbons (Fsp3) is 0.318. The summed E-state index contributed by atoms with van der Waals surface area (Å²) >= 11 is 6.25. The fourth-order valence-electron chi connectivity index (χ4n) is 3.52. The van der Waals surface area contributed by atoms with Crippen molar-refractivity contribution < 1.29 is 9.18 Å². The first-order valence-corrected chi connectivity index (χ1v) is 10.1. The molecule has 5 nitrogen and oxygen atoms in total. The standard InChI is InChI=1S/C22H22ClFN4O/c1-2-19(15-3-4-15)27-22(29)21-10-14(12-28-8-7-25-13-28)9-20(26-21)17-6-5-16(24)11-18(17)23/h5-11,13,15,19H,2-4,12H2,1H3,(H,27,29). The minimum atomic E-state index is -0.415. The van der Waals surface area contributed by atoms with E-state index in [1.165, 1.54) is 12.1 Å². The molecule has 0 bridgehead atoms. The summed E-state index contributed by atoms with van der Waals surface area (Å²) in [5.41, 5.74) is 2.34. The van der Waals surface area contributed by atoms with Crippen LogP contribution in [0.4, 0.5) is 4.39 Å². The van der Waals surface area contributed by atoms with Gasteiger partial charge in [0.25, 0.3) is 5.91 Å². The van der Waals surface area contributed by atoms with Crippen molar-refractivity contribution in [2.75, 3.05) is 0 Å². The van der Waals surface area contributed by atoms with E-state index in [1.807, 2.05) is 16.8 Å². The molecule has 2 aromatic heterocycles. The maximum atomic E-state index is 13.5. The lowest BCUT2D eigenvalue weighted by Crippen LogP contribution is -2.36. The van der Waals surface area contributed by atoms with Gasteiger partial charge < -0.3 is 9.88 Å². The zero-order valence-electron chi connectivity index (χ0n) is 16.1.